The molecule has 0 saturated carbocycles. The molecule has 1 fully saturated rings. The monoisotopic (exact) mass is 398 g/mol. The third-order valence-electron chi connectivity index (χ3n) is 4.18. The number of carbonyl (C=O) groups excluding carboxylic acids is 1. The Morgan fingerprint density at radius 1 is 1.19 bits per heavy atom. The molecule has 1 amide bonds. The average Bonchev–Trinajstić information content (AvgIpc) is 3.12. The van der Waals surface area contributed by atoms with Crippen molar-refractivity contribution >= 4 is 29.1 Å². The first-order valence-electron chi connectivity index (χ1n) is 8.45. The van der Waals surface area contributed by atoms with Gasteiger partial charge in [0.25, 0.3) is 5.91 Å². The molecule has 1 aromatic heterocycles. The number of rotatable bonds is 7. The van der Waals surface area contributed by atoms with Crippen LogP contribution in [0.4, 0.5) is 0 Å². The lowest BCUT2D eigenvalue weighted by Crippen LogP contribution is -2.32. The predicted molar refractivity (Wildman–Crippen MR) is 97.3 cm³/mol. The summed E-state index contributed by atoms with van der Waals surface area (Å²) in [5, 5.41) is 7.68. The summed E-state index contributed by atoms with van der Waals surface area (Å²) >= 11 is 11.8. The summed E-state index contributed by atoms with van der Waals surface area (Å²) in [6.07, 6.45) is 1.93. The number of hydrogen-bond donors (Lipinski definition) is 1. The van der Waals surface area contributed by atoms with E-state index in [1.165, 1.54) is 0 Å². The Kier molecular flexibility index (Phi) is 6.91. The quantitative estimate of drug-likeness (QED) is 0.766. The van der Waals surface area contributed by atoms with E-state index in [4.69, 9.17) is 37.2 Å². The van der Waals surface area contributed by atoms with Crippen LogP contribution >= 0.6 is 23.2 Å². The van der Waals surface area contributed by atoms with E-state index in [0.29, 0.717) is 34.9 Å². The molecule has 0 atom stereocenters. The van der Waals surface area contributed by atoms with E-state index in [1.807, 2.05) is 6.07 Å². The van der Waals surface area contributed by atoms with Gasteiger partial charge in [0.05, 0.1) is 16.7 Å². The number of halogens is 2. The van der Waals surface area contributed by atoms with Crippen LogP contribution in [0.15, 0.2) is 28.8 Å². The van der Waals surface area contributed by atoms with Crippen LogP contribution in [0, 0.1) is 5.92 Å². The number of hydrogen-bond acceptors (Lipinski definition) is 5. The normalized spacial score (nSPS) is 15.2. The highest BCUT2D eigenvalue weighted by Crippen LogP contribution is 2.23. The number of benzene rings is 1. The van der Waals surface area contributed by atoms with E-state index < -0.39 is 0 Å². The molecule has 1 saturated heterocycles. The van der Waals surface area contributed by atoms with Gasteiger partial charge in [-0.25, -0.2) is 0 Å². The van der Waals surface area contributed by atoms with Crippen molar-refractivity contribution in [1.29, 1.82) is 0 Å². The first-order chi connectivity index (χ1) is 12.6. The molecule has 3 rings (SSSR count). The van der Waals surface area contributed by atoms with Gasteiger partial charge >= 0.3 is 0 Å². The molecule has 0 spiro atoms. The van der Waals surface area contributed by atoms with Gasteiger partial charge in [0.1, 0.15) is 6.61 Å². The zero-order chi connectivity index (χ0) is 18.4. The topological polar surface area (TPSA) is 73.6 Å². The predicted octanol–water partition coefficient (Wildman–Crippen LogP) is 3.85. The number of nitrogens with zero attached hydrogens (tertiary/aromatic N) is 1. The lowest BCUT2D eigenvalue weighted by atomic mass is 10.0. The summed E-state index contributed by atoms with van der Waals surface area (Å²) < 4.78 is 16.0. The van der Waals surface area contributed by atoms with Crippen molar-refractivity contribution in [2.75, 3.05) is 19.8 Å². The molecular weight excluding hydrogens is 379 g/mol. The fourth-order valence-electron chi connectivity index (χ4n) is 2.67. The van der Waals surface area contributed by atoms with Crippen molar-refractivity contribution in [1.82, 2.24) is 10.5 Å². The maximum absolute atomic E-state index is 12.1. The Bertz CT molecular complexity index is 745. The first kappa shape index (κ1) is 19.2. The summed E-state index contributed by atoms with van der Waals surface area (Å²) in [5.74, 6) is 0.700. The number of aromatic nitrogens is 1. The second-order valence-corrected chi connectivity index (χ2v) is 7.00. The zero-order valence-corrected chi connectivity index (χ0v) is 15.7. The second-order valence-electron chi connectivity index (χ2n) is 6.19. The van der Waals surface area contributed by atoms with E-state index in [9.17, 15) is 4.79 Å². The van der Waals surface area contributed by atoms with Gasteiger partial charge in [-0.05, 0) is 36.5 Å². The van der Waals surface area contributed by atoms with E-state index in [-0.39, 0.29) is 18.2 Å². The van der Waals surface area contributed by atoms with Gasteiger partial charge in [-0.3, -0.25) is 4.79 Å². The summed E-state index contributed by atoms with van der Waals surface area (Å²) in [6.45, 7) is 2.69. The third-order valence-corrected chi connectivity index (χ3v) is 4.92. The third kappa shape index (κ3) is 5.45. The molecule has 26 heavy (non-hydrogen) atoms. The Hall–Kier alpha value is -1.60. The molecule has 1 aliphatic heterocycles. The van der Waals surface area contributed by atoms with Crippen molar-refractivity contribution in [3.63, 3.8) is 0 Å². The van der Waals surface area contributed by atoms with Crippen molar-refractivity contribution in [2.24, 2.45) is 5.92 Å². The zero-order valence-electron chi connectivity index (χ0n) is 14.2. The Balaban J connectivity index is 1.43. The van der Waals surface area contributed by atoms with E-state index in [2.05, 4.69) is 10.5 Å². The highest BCUT2D eigenvalue weighted by Gasteiger charge is 2.17. The maximum atomic E-state index is 12.1. The summed E-state index contributed by atoms with van der Waals surface area (Å²) in [6, 6.07) is 6.90. The van der Waals surface area contributed by atoms with E-state index in [1.54, 1.807) is 18.2 Å². The largest absolute Gasteiger partial charge is 0.381 e. The molecular formula is C18H20Cl2N2O4. The van der Waals surface area contributed by atoms with Crippen LogP contribution in [0.3, 0.4) is 0 Å². The van der Waals surface area contributed by atoms with Gasteiger partial charge in [-0.1, -0.05) is 34.4 Å². The molecule has 6 nitrogen and oxygen atoms in total. The molecule has 2 heterocycles. The molecule has 1 N–H and O–H groups in total. The lowest BCUT2D eigenvalue weighted by molar-refractivity contribution is 0.0641. The van der Waals surface area contributed by atoms with Crippen LogP contribution < -0.4 is 5.32 Å². The number of amides is 1. The van der Waals surface area contributed by atoms with Gasteiger partial charge in [-0.15, -0.1) is 0 Å². The van der Waals surface area contributed by atoms with Crippen molar-refractivity contribution < 1.29 is 18.8 Å². The Morgan fingerprint density at radius 2 is 2.00 bits per heavy atom. The maximum Gasteiger partial charge on any atom is 0.273 e. The van der Waals surface area contributed by atoms with Gasteiger partial charge in [0.15, 0.2) is 11.5 Å². The van der Waals surface area contributed by atoms with Crippen LogP contribution in [0.1, 0.15) is 34.7 Å². The standard InChI is InChI=1S/C18H20Cl2N2O4/c19-15-2-1-13(7-16(15)20)10-25-11-14-8-17(22-26-14)18(23)21-9-12-3-5-24-6-4-12/h1-2,7-8,12H,3-6,9-11H2,(H,21,23). The highest BCUT2D eigenvalue weighted by molar-refractivity contribution is 6.42. The van der Waals surface area contributed by atoms with Crippen LogP contribution in [0.5, 0.6) is 0 Å². The molecule has 0 unspecified atom stereocenters. The van der Waals surface area contributed by atoms with Gasteiger partial charge in [0, 0.05) is 25.8 Å². The molecule has 140 valence electrons. The second kappa shape index (κ2) is 9.37. The highest BCUT2D eigenvalue weighted by atomic mass is 35.5. The van der Waals surface area contributed by atoms with Crippen LogP contribution in [0.25, 0.3) is 0 Å². The lowest BCUT2D eigenvalue weighted by Gasteiger charge is -2.21. The SMILES string of the molecule is O=C(NCC1CCOCC1)c1cc(COCc2ccc(Cl)c(Cl)c2)on1. The van der Waals surface area contributed by atoms with Crippen LogP contribution in [-0.4, -0.2) is 30.8 Å². The Morgan fingerprint density at radius 3 is 2.77 bits per heavy atom. The van der Waals surface area contributed by atoms with Gasteiger partial charge in [-0.2, -0.15) is 0 Å². The average molecular weight is 399 g/mol. The number of nitrogens with one attached hydrogen (secondary N) is 1. The van der Waals surface area contributed by atoms with Gasteiger partial charge in [0.2, 0.25) is 0 Å². The first-order valence-corrected chi connectivity index (χ1v) is 9.20. The fourth-order valence-corrected chi connectivity index (χ4v) is 2.99. The van der Waals surface area contributed by atoms with Crippen LogP contribution in [0.2, 0.25) is 10.0 Å². The number of ether oxygens (including phenoxy) is 2. The molecule has 1 aliphatic rings. The smallest absolute Gasteiger partial charge is 0.273 e. The summed E-state index contributed by atoms with van der Waals surface area (Å²) in [7, 11) is 0. The fraction of sp³-hybridized carbons (Fsp3) is 0.444. The van der Waals surface area contributed by atoms with E-state index >= 15 is 0 Å². The van der Waals surface area contributed by atoms with E-state index in [0.717, 1.165) is 31.6 Å². The Labute approximate surface area is 161 Å². The molecule has 0 bridgehead atoms. The van der Waals surface area contributed by atoms with Crippen LogP contribution in [-0.2, 0) is 22.7 Å². The van der Waals surface area contributed by atoms with Crippen molar-refractivity contribution in [2.45, 2.75) is 26.1 Å². The molecule has 1 aromatic carbocycles. The minimum absolute atomic E-state index is 0.209. The summed E-state index contributed by atoms with van der Waals surface area (Å²) in [5.41, 5.74) is 1.15. The van der Waals surface area contributed by atoms with Crippen molar-refractivity contribution in [3.05, 3.63) is 51.3 Å². The molecule has 2 aromatic rings. The van der Waals surface area contributed by atoms with Crippen molar-refractivity contribution in [3.8, 4) is 0 Å². The molecule has 8 heteroatoms. The minimum atomic E-state index is -0.240. The minimum Gasteiger partial charge on any atom is -0.381 e. The summed E-state index contributed by atoms with van der Waals surface area (Å²) in [4.78, 5) is 12.1. The van der Waals surface area contributed by atoms with Gasteiger partial charge < -0.3 is 19.3 Å². The molecule has 0 radical (unpaired) electrons. The number of carbonyl (C=O) groups is 1. The molecule has 0 aliphatic carbocycles.